The molecule has 21 heavy (non-hydrogen) atoms. The van der Waals surface area contributed by atoms with Gasteiger partial charge in [0.15, 0.2) is 0 Å². The average molecular weight is 330 g/mol. The number of rotatable bonds is 5. The molecule has 0 radical (unpaired) electrons. The molecule has 2 rings (SSSR count). The van der Waals surface area contributed by atoms with Crippen LogP contribution in [0.3, 0.4) is 0 Å². The number of halogens is 2. The zero-order valence-electron chi connectivity index (χ0n) is 12.2. The highest BCUT2D eigenvalue weighted by Crippen LogP contribution is 2.24. The van der Waals surface area contributed by atoms with Gasteiger partial charge in [-0.1, -0.05) is 30.1 Å². The van der Waals surface area contributed by atoms with Gasteiger partial charge in [-0.2, -0.15) is 0 Å². The highest BCUT2D eigenvalue weighted by molar-refractivity contribution is 6.42. The Labute approximate surface area is 135 Å². The van der Waals surface area contributed by atoms with Crippen molar-refractivity contribution in [2.45, 2.75) is 19.8 Å². The zero-order chi connectivity index (χ0) is 15.2. The molecule has 1 atom stereocenters. The Morgan fingerprint density at radius 2 is 2.19 bits per heavy atom. The fourth-order valence-electron chi connectivity index (χ4n) is 2.59. The molecule has 2 N–H and O–H groups in total. The Hall–Kier alpha value is -0.970. The molecule has 0 spiro atoms. The Bertz CT molecular complexity index is 496. The lowest BCUT2D eigenvalue weighted by Gasteiger charge is -2.15. The second-order valence-corrected chi connectivity index (χ2v) is 6.23. The van der Waals surface area contributed by atoms with Crippen LogP contribution in [0.5, 0.6) is 0 Å². The van der Waals surface area contributed by atoms with Gasteiger partial charge in [0.1, 0.15) is 0 Å². The van der Waals surface area contributed by atoms with Crippen LogP contribution in [0.1, 0.15) is 19.8 Å². The predicted octanol–water partition coefficient (Wildman–Crippen LogP) is 3.85. The molecule has 6 heteroatoms. The first-order valence-electron chi connectivity index (χ1n) is 7.30. The first-order valence-corrected chi connectivity index (χ1v) is 8.06. The number of carbonyl (C=O) groups excluding carboxylic acids is 1. The largest absolute Gasteiger partial charge is 0.338 e. The summed E-state index contributed by atoms with van der Waals surface area (Å²) in [5.74, 6) is 0.538. The maximum absolute atomic E-state index is 11.9. The van der Waals surface area contributed by atoms with Crippen LogP contribution < -0.4 is 10.6 Å². The number of urea groups is 1. The number of hydrogen-bond donors (Lipinski definition) is 2. The van der Waals surface area contributed by atoms with Gasteiger partial charge >= 0.3 is 6.03 Å². The maximum Gasteiger partial charge on any atom is 0.319 e. The van der Waals surface area contributed by atoms with E-state index in [9.17, 15) is 4.79 Å². The molecule has 1 aromatic carbocycles. The summed E-state index contributed by atoms with van der Waals surface area (Å²) < 4.78 is 0. The third-order valence-electron chi connectivity index (χ3n) is 3.64. The van der Waals surface area contributed by atoms with E-state index in [1.165, 1.54) is 6.42 Å². The minimum atomic E-state index is -0.206. The summed E-state index contributed by atoms with van der Waals surface area (Å²) in [7, 11) is 0. The predicted molar refractivity (Wildman–Crippen MR) is 88.3 cm³/mol. The van der Waals surface area contributed by atoms with Crippen molar-refractivity contribution in [2.75, 3.05) is 31.5 Å². The number of amides is 2. The van der Waals surface area contributed by atoms with Gasteiger partial charge in [0, 0.05) is 18.8 Å². The van der Waals surface area contributed by atoms with E-state index in [2.05, 4.69) is 22.5 Å². The van der Waals surface area contributed by atoms with Gasteiger partial charge in [0.25, 0.3) is 0 Å². The molecule has 0 bridgehead atoms. The number of benzene rings is 1. The van der Waals surface area contributed by atoms with E-state index in [-0.39, 0.29) is 6.03 Å². The molecule has 1 fully saturated rings. The van der Waals surface area contributed by atoms with Gasteiger partial charge in [-0.3, -0.25) is 0 Å². The lowest BCUT2D eigenvalue weighted by molar-refractivity contribution is 0.249. The Morgan fingerprint density at radius 1 is 1.38 bits per heavy atom. The van der Waals surface area contributed by atoms with Gasteiger partial charge in [-0.05, 0) is 50.0 Å². The maximum atomic E-state index is 11.9. The molecule has 0 aliphatic carbocycles. The van der Waals surface area contributed by atoms with E-state index in [1.54, 1.807) is 18.2 Å². The van der Waals surface area contributed by atoms with E-state index in [0.29, 0.717) is 28.2 Å². The minimum Gasteiger partial charge on any atom is -0.338 e. The van der Waals surface area contributed by atoms with Crippen molar-refractivity contribution in [2.24, 2.45) is 5.92 Å². The summed E-state index contributed by atoms with van der Waals surface area (Å²) in [4.78, 5) is 14.3. The average Bonchev–Trinajstić information content (AvgIpc) is 2.89. The highest BCUT2D eigenvalue weighted by atomic mass is 35.5. The van der Waals surface area contributed by atoms with Crippen LogP contribution >= 0.6 is 23.2 Å². The molecular formula is C15H21Cl2N3O. The number of carbonyl (C=O) groups is 1. The Kier molecular flexibility index (Phi) is 6.15. The minimum absolute atomic E-state index is 0.206. The lowest BCUT2D eigenvalue weighted by Crippen LogP contribution is -2.34. The first kappa shape index (κ1) is 16.4. The van der Waals surface area contributed by atoms with Gasteiger partial charge in [-0.25, -0.2) is 4.79 Å². The number of nitrogens with zero attached hydrogens (tertiary/aromatic N) is 1. The second-order valence-electron chi connectivity index (χ2n) is 5.42. The van der Waals surface area contributed by atoms with Gasteiger partial charge in [0.05, 0.1) is 10.0 Å². The van der Waals surface area contributed by atoms with E-state index in [0.717, 1.165) is 26.1 Å². The standard InChI is InChI=1S/C15H21Cl2N3O/c1-2-6-20-7-5-11(10-20)9-18-15(21)19-12-3-4-13(16)14(17)8-12/h3-4,8,11H,2,5-7,9-10H2,1H3,(H2,18,19,21). The van der Waals surface area contributed by atoms with Crippen LogP contribution in [-0.2, 0) is 0 Å². The van der Waals surface area contributed by atoms with E-state index in [4.69, 9.17) is 23.2 Å². The number of nitrogens with one attached hydrogen (secondary N) is 2. The summed E-state index contributed by atoms with van der Waals surface area (Å²) in [5, 5.41) is 6.59. The fourth-order valence-corrected chi connectivity index (χ4v) is 2.88. The van der Waals surface area contributed by atoms with Crippen molar-refractivity contribution in [1.82, 2.24) is 10.2 Å². The molecule has 1 aliphatic heterocycles. The van der Waals surface area contributed by atoms with Crippen molar-refractivity contribution in [3.05, 3.63) is 28.2 Å². The summed E-state index contributed by atoms with van der Waals surface area (Å²) in [6.07, 6.45) is 2.32. The SMILES string of the molecule is CCCN1CCC(CNC(=O)Nc2ccc(Cl)c(Cl)c2)C1. The highest BCUT2D eigenvalue weighted by Gasteiger charge is 2.21. The van der Waals surface area contributed by atoms with Gasteiger partial charge in [-0.15, -0.1) is 0 Å². The van der Waals surface area contributed by atoms with E-state index >= 15 is 0 Å². The van der Waals surface area contributed by atoms with Gasteiger partial charge in [0.2, 0.25) is 0 Å². The molecule has 1 unspecified atom stereocenters. The summed E-state index contributed by atoms with van der Waals surface area (Å²) in [5.41, 5.74) is 0.640. The van der Waals surface area contributed by atoms with Crippen LogP contribution in [0.25, 0.3) is 0 Å². The summed E-state index contributed by atoms with van der Waals surface area (Å²) in [6, 6.07) is 4.83. The Morgan fingerprint density at radius 3 is 2.90 bits per heavy atom. The molecule has 1 saturated heterocycles. The summed E-state index contributed by atoms with van der Waals surface area (Å²) in [6.45, 7) is 6.24. The smallest absolute Gasteiger partial charge is 0.319 e. The fraction of sp³-hybridized carbons (Fsp3) is 0.533. The molecule has 1 aromatic rings. The van der Waals surface area contributed by atoms with Crippen LogP contribution in [0.15, 0.2) is 18.2 Å². The molecule has 0 saturated carbocycles. The molecular weight excluding hydrogens is 309 g/mol. The summed E-state index contributed by atoms with van der Waals surface area (Å²) >= 11 is 11.8. The number of likely N-dealkylation sites (tertiary alicyclic amines) is 1. The van der Waals surface area contributed by atoms with E-state index in [1.807, 2.05) is 0 Å². The van der Waals surface area contributed by atoms with Gasteiger partial charge < -0.3 is 15.5 Å². The molecule has 0 aromatic heterocycles. The Balaban J connectivity index is 1.74. The van der Waals surface area contributed by atoms with Crippen molar-refractivity contribution in [3.8, 4) is 0 Å². The molecule has 2 amide bonds. The van der Waals surface area contributed by atoms with Crippen LogP contribution in [0.4, 0.5) is 10.5 Å². The topological polar surface area (TPSA) is 44.4 Å². The monoisotopic (exact) mass is 329 g/mol. The molecule has 116 valence electrons. The van der Waals surface area contributed by atoms with Crippen LogP contribution in [0.2, 0.25) is 10.0 Å². The molecule has 4 nitrogen and oxygen atoms in total. The van der Waals surface area contributed by atoms with Crippen LogP contribution in [0, 0.1) is 5.92 Å². The van der Waals surface area contributed by atoms with Crippen LogP contribution in [-0.4, -0.2) is 37.1 Å². The van der Waals surface area contributed by atoms with E-state index < -0.39 is 0 Å². The van der Waals surface area contributed by atoms with Crippen molar-refractivity contribution >= 4 is 34.9 Å². The lowest BCUT2D eigenvalue weighted by atomic mass is 10.1. The van der Waals surface area contributed by atoms with Crippen molar-refractivity contribution < 1.29 is 4.79 Å². The second kappa shape index (κ2) is 7.87. The molecule has 1 aliphatic rings. The quantitative estimate of drug-likeness (QED) is 0.861. The normalized spacial score (nSPS) is 18.7. The van der Waals surface area contributed by atoms with Crippen molar-refractivity contribution in [3.63, 3.8) is 0 Å². The third kappa shape index (κ3) is 5.06. The first-order chi connectivity index (χ1) is 10.1. The number of anilines is 1. The third-order valence-corrected chi connectivity index (χ3v) is 4.38. The number of hydrogen-bond acceptors (Lipinski definition) is 2. The van der Waals surface area contributed by atoms with Crippen molar-refractivity contribution in [1.29, 1.82) is 0 Å². The zero-order valence-corrected chi connectivity index (χ0v) is 13.7. The molecule has 1 heterocycles.